The molecule has 3 rings (SSSR count). The number of para-hydroxylation sites is 1. The predicted molar refractivity (Wildman–Crippen MR) is 99.5 cm³/mol. The van der Waals surface area contributed by atoms with Crippen LogP contribution in [0.3, 0.4) is 0 Å². The fraction of sp³-hybridized carbons (Fsp3) is 0.333. The number of amides is 2. The van der Waals surface area contributed by atoms with Gasteiger partial charge in [-0.25, -0.2) is 0 Å². The van der Waals surface area contributed by atoms with Crippen molar-refractivity contribution in [1.29, 1.82) is 0 Å². The van der Waals surface area contributed by atoms with Gasteiger partial charge in [0.15, 0.2) is 0 Å². The number of nitrogens with zero attached hydrogens (tertiary/aromatic N) is 2. The molecule has 1 heterocycles. The molecule has 0 fully saturated rings. The van der Waals surface area contributed by atoms with E-state index in [0.29, 0.717) is 6.54 Å². The summed E-state index contributed by atoms with van der Waals surface area (Å²) in [4.78, 5) is 28.4. The summed E-state index contributed by atoms with van der Waals surface area (Å²) in [5.74, 6) is -0.0786. The Morgan fingerprint density at radius 3 is 2.48 bits per heavy atom. The second-order valence-corrected chi connectivity index (χ2v) is 6.62. The molecule has 0 N–H and O–H groups in total. The number of rotatable bonds is 5. The van der Waals surface area contributed by atoms with Gasteiger partial charge in [-0.05, 0) is 37.0 Å². The molecule has 0 aromatic heterocycles. The third-order valence-corrected chi connectivity index (χ3v) is 4.76. The molecule has 25 heavy (non-hydrogen) atoms. The van der Waals surface area contributed by atoms with Crippen molar-refractivity contribution in [2.75, 3.05) is 18.0 Å². The first-order chi connectivity index (χ1) is 12.1. The molecule has 4 nitrogen and oxygen atoms in total. The average Bonchev–Trinajstić information content (AvgIpc) is 2.94. The van der Waals surface area contributed by atoms with Crippen molar-refractivity contribution >= 4 is 17.5 Å². The minimum atomic E-state index is -0.0654. The van der Waals surface area contributed by atoms with E-state index in [-0.39, 0.29) is 24.4 Å². The fourth-order valence-corrected chi connectivity index (χ4v) is 3.44. The number of hydrogen-bond acceptors (Lipinski definition) is 2. The van der Waals surface area contributed by atoms with Crippen molar-refractivity contribution in [3.63, 3.8) is 0 Å². The zero-order chi connectivity index (χ0) is 17.8. The van der Waals surface area contributed by atoms with E-state index in [4.69, 9.17) is 0 Å². The van der Waals surface area contributed by atoms with Gasteiger partial charge in [0.05, 0.1) is 0 Å². The molecule has 0 saturated carbocycles. The molecule has 130 valence electrons. The minimum Gasteiger partial charge on any atom is -0.333 e. The van der Waals surface area contributed by atoms with Gasteiger partial charge in [-0.15, -0.1) is 0 Å². The number of anilines is 1. The third kappa shape index (κ3) is 3.90. The summed E-state index contributed by atoms with van der Waals surface area (Å²) in [6.45, 7) is 4.26. The summed E-state index contributed by atoms with van der Waals surface area (Å²) >= 11 is 0. The van der Waals surface area contributed by atoms with Gasteiger partial charge in [0.2, 0.25) is 11.8 Å². The highest BCUT2D eigenvalue weighted by Crippen LogP contribution is 2.31. The maximum Gasteiger partial charge on any atom is 0.246 e. The Labute approximate surface area is 149 Å². The van der Waals surface area contributed by atoms with Crippen molar-refractivity contribution in [1.82, 2.24) is 4.90 Å². The van der Waals surface area contributed by atoms with Crippen LogP contribution in [0, 0.1) is 0 Å². The van der Waals surface area contributed by atoms with Crippen molar-refractivity contribution in [2.24, 2.45) is 0 Å². The van der Waals surface area contributed by atoms with Gasteiger partial charge in [-0.3, -0.25) is 9.59 Å². The third-order valence-electron chi connectivity index (χ3n) is 4.76. The Kier molecular flexibility index (Phi) is 5.17. The van der Waals surface area contributed by atoms with E-state index in [1.807, 2.05) is 53.4 Å². The molecule has 2 aromatic carbocycles. The molecule has 1 aliphatic heterocycles. The maximum absolute atomic E-state index is 12.9. The summed E-state index contributed by atoms with van der Waals surface area (Å²) in [5, 5.41) is 0. The molecule has 1 unspecified atom stereocenters. The van der Waals surface area contributed by atoms with E-state index in [1.165, 1.54) is 18.1 Å². The van der Waals surface area contributed by atoms with Crippen LogP contribution in [-0.2, 0) is 22.4 Å². The molecular formula is C21H24N2O2. The van der Waals surface area contributed by atoms with Gasteiger partial charge in [0, 0.05) is 25.2 Å². The van der Waals surface area contributed by atoms with Crippen molar-refractivity contribution in [3.05, 3.63) is 65.7 Å². The molecule has 1 atom stereocenters. The van der Waals surface area contributed by atoms with Crippen molar-refractivity contribution < 1.29 is 9.59 Å². The molecule has 0 aliphatic carbocycles. The number of hydrogen-bond donors (Lipinski definition) is 0. The van der Waals surface area contributed by atoms with E-state index in [0.717, 1.165) is 18.5 Å². The van der Waals surface area contributed by atoms with Crippen LogP contribution >= 0.6 is 0 Å². The van der Waals surface area contributed by atoms with Crippen LogP contribution < -0.4 is 4.90 Å². The standard InChI is InChI=1S/C21H24N2O2/c1-16-14-19-10-6-7-11-20(19)23(16)21(25)15-22(17(2)24)13-12-18-8-4-3-5-9-18/h3-11,16H,12-15H2,1-2H3. The monoisotopic (exact) mass is 336 g/mol. The zero-order valence-electron chi connectivity index (χ0n) is 14.8. The number of fused-ring (bicyclic) bond motifs is 1. The van der Waals surface area contributed by atoms with Crippen molar-refractivity contribution in [2.45, 2.75) is 32.7 Å². The van der Waals surface area contributed by atoms with E-state index in [9.17, 15) is 9.59 Å². The fourth-order valence-electron chi connectivity index (χ4n) is 3.44. The summed E-state index contributed by atoms with van der Waals surface area (Å²) in [5.41, 5.74) is 3.34. The molecule has 0 radical (unpaired) electrons. The average molecular weight is 336 g/mol. The van der Waals surface area contributed by atoms with Gasteiger partial charge in [0.25, 0.3) is 0 Å². The van der Waals surface area contributed by atoms with Crippen LogP contribution in [0.1, 0.15) is 25.0 Å². The zero-order valence-corrected chi connectivity index (χ0v) is 14.8. The number of benzene rings is 2. The smallest absolute Gasteiger partial charge is 0.246 e. The highest BCUT2D eigenvalue weighted by atomic mass is 16.2. The summed E-state index contributed by atoms with van der Waals surface area (Å²) in [6, 6.07) is 18.2. The minimum absolute atomic E-state index is 0.0132. The van der Waals surface area contributed by atoms with Gasteiger partial charge in [-0.2, -0.15) is 0 Å². The van der Waals surface area contributed by atoms with Crippen LogP contribution in [0.4, 0.5) is 5.69 Å². The molecule has 0 spiro atoms. The predicted octanol–water partition coefficient (Wildman–Crippen LogP) is 3.06. The summed E-state index contributed by atoms with van der Waals surface area (Å²) in [7, 11) is 0. The first-order valence-electron chi connectivity index (χ1n) is 8.75. The first kappa shape index (κ1) is 17.2. The van der Waals surface area contributed by atoms with E-state index in [2.05, 4.69) is 13.0 Å². The molecule has 2 aromatic rings. The normalized spacial score (nSPS) is 15.8. The largest absolute Gasteiger partial charge is 0.333 e. The van der Waals surface area contributed by atoms with Crippen LogP contribution in [0.25, 0.3) is 0 Å². The van der Waals surface area contributed by atoms with Crippen molar-refractivity contribution in [3.8, 4) is 0 Å². The SMILES string of the molecule is CC(=O)N(CCc1ccccc1)CC(=O)N1c2ccccc2CC1C. The topological polar surface area (TPSA) is 40.6 Å². The lowest BCUT2D eigenvalue weighted by molar-refractivity contribution is -0.133. The van der Waals surface area contributed by atoms with Gasteiger partial charge >= 0.3 is 0 Å². The lowest BCUT2D eigenvalue weighted by atomic mass is 10.1. The second-order valence-electron chi connectivity index (χ2n) is 6.62. The number of carbonyl (C=O) groups is 2. The van der Waals surface area contributed by atoms with Gasteiger partial charge in [0.1, 0.15) is 6.54 Å². The second kappa shape index (κ2) is 7.51. The van der Waals surface area contributed by atoms with Crippen LogP contribution in [-0.4, -0.2) is 35.8 Å². The Balaban J connectivity index is 1.68. The molecule has 0 bridgehead atoms. The van der Waals surface area contributed by atoms with Gasteiger partial charge in [-0.1, -0.05) is 48.5 Å². The van der Waals surface area contributed by atoms with Crippen LogP contribution in [0.15, 0.2) is 54.6 Å². The quantitative estimate of drug-likeness (QED) is 0.842. The Bertz CT molecular complexity index is 758. The Hall–Kier alpha value is -2.62. The molecule has 2 amide bonds. The van der Waals surface area contributed by atoms with Gasteiger partial charge < -0.3 is 9.80 Å². The lowest BCUT2D eigenvalue weighted by Gasteiger charge is -2.27. The lowest BCUT2D eigenvalue weighted by Crippen LogP contribution is -2.45. The highest BCUT2D eigenvalue weighted by Gasteiger charge is 2.31. The van der Waals surface area contributed by atoms with Crippen LogP contribution in [0.2, 0.25) is 0 Å². The van der Waals surface area contributed by atoms with E-state index >= 15 is 0 Å². The van der Waals surface area contributed by atoms with E-state index in [1.54, 1.807) is 4.90 Å². The molecular weight excluding hydrogens is 312 g/mol. The first-order valence-corrected chi connectivity index (χ1v) is 8.75. The molecule has 4 heteroatoms. The maximum atomic E-state index is 12.9. The summed E-state index contributed by atoms with van der Waals surface area (Å²) in [6.07, 6.45) is 1.62. The Morgan fingerprint density at radius 2 is 1.76 bits per heavy atom. The summed E-state index contributed by atoms with van der Waals surface area (Å²) < 4.78 is 0. The Morgan fingerprint density at radius 1 is 1.08 bits per heavy atom. The molecule has 0 saturated heterocycles. The van der Waals surface area contributed by atoms with E-state index < -0.39 is 0 Å². The highest BCUT2D eigenvalue weighted by molar-refractivity contribution is 5.98. The number of carbonyl (C=O) groups excluding carboxylic acids is 2. The van der Waals surface area contributed by atoms with Crippen LogP contribution in [0.5, 0.6) is 0 Å². The molecule has 1 aliphatic rings.